The molecule has 0 spiro atoms. The number of nitrogens with zero attached hydrogens (tertiary/aromatic N) is 2. The second kappa shape index (κ2) is 8.67. The van der Waals surface area contributed by atoms with Gasteiger partial charge in [-0.3, -0.25) is 14.5 Å². The summed E-state index contributed by atoms with van der Waals surface area (Å²) >= 11 is 0. The van der Waals surface area contributed by atoms with E-state index in [1.807, 2.05) is 7.05 Å². The van der Waals surface area contributed by atoms with Crippen LogP contribution in [0.2, 0.25) is 0 Å². The van der Waals surface area contributed by atoms with Crippen LogP contribution in [0.1, 0.15) is 43.7 Å². The number of hydrogen-bond acceptors (Lipinski definition) is 4. The molecule has 2 aliphatic heterocycles. The van der Waals surface area contributed by atoms with E-state index in [4.69, 9.17) is 0 Å². The summed E-state index contributed by atoms with van der Waals surface area (Å²) in [7, 11) is 1.98. The molecule has 7 nitrogen and oxygen atoms in total. The van der Waals surface area contributed by atoms with E-state index in [0.717, 1.165) is 54.5 Å². The van der Waals surface area contributed by atoms with Crippen molar-refractivity contribution in [3.05, 3.63) is 80.3 Å². The normalized spacial score (nSPS) is 22.6. The minimum Gasteiger partial charge on any atom is -0.350 e. The third kappa shape index (κ3) is 4.05. The van der Waals surface area contributed by atoms with E-state index in [0.29, 0.717) is 6.04 Å². The fourth-order valence-corrected chi connectivity index (χ4v) is 5.72. The molecule has 184 valence electrons. The molecule has 10 heteroatoms. The van der Waals surface area contributed by atoms with Gasteiger partial charge in [0.1, 0.15) is 23.5 Å². The van der Waals surface area contributed by atoms with E-state index >= 15 is 0 Å². The van der Waals surface area contributed by atoms with Crippen LogP contribution < -0.4 is 16.6 Å². The lowest BCUT2D eigenvalue weighted by Gasteiger charge is -2.35. The third-order valence-electron chi connectivity index (χ3n) is 7.73. The predicted molar refractivity (Wildman–Crippen MR) is 123 cm³/mol. The quantitative estimate of drug-likeness (QED) is 0.561. The first-order valence-electron chi connectivity index (χ1n) is 11.6. The second-order valence-electron chi connectivity index (χ2n) is 9.54. The maximum Gasteiger partial charge on any atom is 0.329 e. The molecule has 0 saturated carbocycles. The van der Waals surface area contributed by atoms with Crippen molar-refractivity contribution in [2.75, 3.05) is 7.05 Å². The predicted octanol–water partition coefficient (Wildman–Crippen LogP) is 2.98. The lowest BCUT2D eigenvalue weighted by molar-refractivity contribution is -0.125. The molecule has 2 bridgehead atoms. The minimum atomic E-state index is -1.21. The smallest absolute Gasteiger partial charge is 0.329 e. The highest BCUT2D eigenvalue weighted by Crippen LogP contribution is 2.49. The van der Waals surface area contributed by atoms with Crippen molar-refractivity contribution in [2.45, 2.75) is 56.3 Å². The fourth-order valence-electron chi connectivity index (χ4n) is 5.72. The fraction of sp³-hybridized carbons (Fsp3) is 0.400. The van der Waals surface area contributed by atoms with Gasteiger partial charge in [0.25, 0.3) is 5.56 Å². The van der Waals surface area contributed by atoms with E-state index in [1.165, 1.54) is 12.1 Å². The lowest BCUT2D eigenvalue weighted by atomic mass is 9.82. The number of amides is 1. The Morgan fingerprint density at radius 1 is 1.11 bits per heavy atom. The molecule has 0 radical (unpaired) electrons. The molecule has 2 saturated heterocycles. The van der Waals surface area contributed by atoms with Crippen molar-refractivity contribution in [1.29, 1.82) is 0 Å². The van der Waals surface area contributed by atoms with E-state index in [-0.39, 0.29) is 35.0 Å². The van der Waals surface area contributed by atoms with Gasteiger partial charge < -0.3 is 10.3 Å². The van der Waals surface area contributed by atoms with Gasteiger partial charge in [0.15, 0.2) is 0 Å². The molecule has 1 atom stereocenters. The summed E-state index contributed by atoms with van der Waals surface area (Å²) in [5.41, 5.74) is -1.69. The number of aromatic amines is 1. The van der Waals surface area contributed by atoms with Crippen LogP contribution in [0.5, 0.6) is 0 Å². The Hall–Kier alpha value is -3.40. The van der Waals surface area contributed by atoms with Crippen LogP contribution in [0.25, 0.3) is 10.9 Å². The van der Waals surface area contributed by atoms with Crippen LogP contribution in [0.3, 0.4) is 0 Å². The van der Waals surface area contributed by atoms with Crippen molar-refractivity contribution in [2.24, 2.45) is 0 Å². The van der Waals surface area contributed by atoms with Gasteiger partial charge in [-0.05, 0) is 63.4 Å². The molecule has 2 N–H and O–H groups in total. The Morgan fingerprint density at radius 2 is 1.80 bits per heavy atom. The van der Waals surface area contributed by atoms with Crippen LogP contribution >= 0.6 is 0 Å². The molecule has 2 aliphatic rings. The van der Waals surface area contributed by atoms with Crippen LogP contribution in [0.4, 0.5) is 13.2 Å². The number of nitrogens with one attached hydrogen (secondary N) is 2. The zero-order chi connectivity index (χ0) is 24.9. The van der Waals surface area contributed by atoms with Gasteiger partial charge in [-0.25, -0.2) is 22.5 Å². The minimum absolute atomic E-state index is 0.0476. The Kier molecular flexibility index (Phi) is 5.79. The van der Waals surface area contributed by atoms with Gasteiger partial charge in [0, 0.05) is 29.8 Å². The van der Waals surface area contributed by atoms with Gasteiger partial charge in [0.05, 0.1) is 10.9 Å². The molecule has 1 amide bonds. The molecule has 2 aromatic carbocycles. The SMILES string of the molecule is CN1C2CCC1(CC(C(=O)NCc1ccc(F)cc1F)n1c(=O)[nH]c3ccc(F)cc3c1=O)CC2. The Balaban J connectivity index is 1.54. The Bertz CT molecular complexity index is 1430. The maximum atomic E-state index is 14.1. The molecule has 1 aromatic heterocycles. The Labute approximate surface area is 198 Å². The summed E-state index contributed by atoms with van der Waals surface area (Å²) in [6.45, 7) is -0.248. The first-order valence-corrected chi connectivity index (χ1v) is 11.6. The van der Waals surface area contributed by atoms with E-state index in [2.05, 4.69) is 15.2 Å². The van der Waals surface area contributed by atoms with Crippen molar-refractivity contribution < 1.29 is 18.0 Å². The highest BCUT2D eigenvalue weighted by Gasteiger charge is 2.51. The zero-order valence-corrected chi connectivity index (χ0v) is 19.1. The summed E-state index contributed by atoms with van der Waals surface area (Å²) < 4.78 is 42.1. The highest BCUT2D eigenvalue weighted by molar-refractivity contribution is 5.82. The molecule has 2 fully saturated rings. The van der Waals surface area contributed by atoms with Gasteiger partial charge in [-0.2, -0.15) is 0 Å². The largest absolute Gasteiger partial charge is 0.350 e. The molecule has 35 heavy (non-hydrogen) atoms. The molecule has 3 aromatic rings. The first kappa shape index (κ1) is 23.3. The summed E-state index contributed by atoms with van der Waals surface area (Å²) in [5, 5.41) is 2.56. The monoisotopic (exact) mass is 486 g/mol. The average Bonchev–Trinajstić information content (AvgIpc) is 3.29. The number of fused-ring (bicyclic) bond motifs is 3. The highest BCUT2D eigenvalue weighted by atomic mass is 19.1. The number of carbonyl (C=O) groups excluding carboxylic acids is 1. The number of rotatable bonds is 6. The lowest BCUT2D eigenvalue weighted by Crippen LogP contribution is -2.49. The number of H-pyrrole nitrogens is 1. The van der Waals surface area contributed by atoms with Crippen LogP contribution in [-0.2, 0) is 11.3 Å². The standard InChI is InChI=1S/C25H25F3N4O3/c1-31-17-6-8-25(31,9-7-17)12-21(22(33)29-13-14-2-3-16(27)11-19(14)28)32-23(34)18-10-15(26)4-5-20(18)30-24(32)35/h2-5,10-11,17,21H,6-9,12-13H2,1H3,(H,29,33)(H,30,35). The zero-order valence-electron chi connectivity index (χ0n) is 19.1. The summed E-state index contributed by atoms with van der Waals surface area (Å²) in [5.74, 6) is -2.84. The van der Waals surface area contributed by atoms with E-state index in [9.17, 15) is 27.6 Å². The molecule has 0 aliphatic carbocycles. The molecular weight excluding hydrogens is 461 g/mol. The maximum absolute atomic E-state index is 14.1. The first-order chi connectivity index (χ1) is 16.7. The van der Waals surface area contributed by atoms with E-state index in [1.54, 1.807) is 0 Å². The van der Waals surface area contributed by atoms with Crippen molar-refractivity contribution in [3.8, 4) is 0 Å². The van der Waals surface area contributed by atoms with Gasteiger partial charge in [0.2, 0.25) is 5.91 Å². The summed E-state index contributed by atoms with van der Waals surface area (Å²) in [4.78, 5) is 44.6. The number of carbonyl (C=O) groups is 1. The van der Waals surface area contributed by atoms with Crippen molar-refractivity contribution >= 4 is 16.8 Å². The topological polar surface area (TPSA) is 87.2 Å². The number of halogens is 3. The molecule has 1 unspecified atom stereocenters. The summed E-state index contributed by atoms with van der Waals surface area (Å²) in [6.07, 6.45) is 3.75. The Morgan fingerprint density at radius 3 is 2.46 bits per heavy atom. The average molecular weight is 486 g/mol. The summed E-state index contributed by atoms with van der Waals surface area (Å²) in [6, 6.07) is 5.66. The van der Waals surface area contributed by atoms with E-state index < -0.39 is 40.6 Å². The van der Waals surface area contributed by atoms with Crippen molar-refractivity contribution in [3.63, 3.8) is 0 Å². The van der Waals surface area contributed by atoms with Crippen molar-refractivity contribution in [1.82, 2.24) is 19.8 Å². The number of aromatic nitrogens is 2. The van der Waals surface area contributed by atoms with Gasteiger partial charge >= 0.3 is 5.69 Å². The molecule has 5 rings (SSSR count). The van der Waals surface area contributed by atoms with Gasteiger partial charge in [-0.15, -0.1) is 0 Å². The van der Waals surface area contributed by atoms with Crippen LogP contribution in [0, 0.1) is 17.5 Å². The second-order valence-corrected chi connectivity index (χ2v) is 9.54. The number of benzene rings is 2. The number of hydrogen-bond donors (Lipinski definition) is 2. The van der Waals surface area contributed by atoms with Crippen LogP contribution in [-0.4, -0.2) is 39.0 Å². The van der Waals surface area contributed by atoms with Gasteiger partial charge in [-0.1, -0.05) is 6.07 Å². The molecular formula is C25H25F3N4O3. The molecule has 3 heterocycles. The van der Waals surface area contributed by atoms with Crippen LogP contribution in [0.15, 0.2) is 46.0 Å². The third-order valence-corrected chi connectivity index (χ3v) is 7.73.